The van der Waals surface area contributed by atoms with Crippen molar-refractivity contribution in [2.75, 3.05) is 23.9 Å². The summed E-state index contributed by atoms with van der Waals surface area (Å²) in [7, 11) is 1.59. The van der Waals surface area contributed by atoms with E-state index in [9.17, 15) is 9.59 Å². The second kappa shape index (κ2) is 8.63. The van der Waals surface area contributed by atoms with E-state index in [1.54, 1.807) is 36.3 Å². The molecule has 2 heterocycles. The highest BCUT2D eigenvalue weighted by Crippen LogP contribution is 2.33. The van der Waals surface area contributed by atoms with Crippen molar-refractivity contribution < 1.29 is 18.8 Å². The van der Waals surface area contributed by atoms with Crippen molar-refractivity contribution in [2.24, 2.45) is 0 Å². The van der Waals surface area contributed by atoms with Gasteiger partial charge in [0.2, 0.25) is 0 Å². The first-order valence-corrected chi connectivity index (χ1v) is 10.5. The van der Waals surface area contributed by atoms with Crippen molar-refractivity contribution in [2.45, 2.75) is 6.42 Å². The Balaban J connectivity index is 1.37. The Morgan fingerprint density at radius 1 is 1.03 bits per heavy atom. The van der Waals surface area contributed by atoms with Gasteiger partial charge in [-0.1, -0.05) is 41.6 Å². The second-order valence-corrected chi connectivity index (χ2v) is 7.68. The first-order valence-electron chi connectivity index (χ1n) is 10.5. The van der Waals surface area contributed by atoms with E-state index in [2.05, 4.69) is 10.5 Å². The fraction of sp³-hybridized carbons (Fsp3) is 0.115. The molecule has 1 N–H and O–H groups in total. The molecule has 7 nitrogen and oxygen atoms in total. The minimum atomic E-state index is -0.332. The predicted molar refractivity (Wildman–Crippen MR) is 125 cm³/mol. The van der Waals surface area contributed by atoms with Crippen molar-refractivity contribution in [3.63, 3.8) is 0 Å². The Labute approximate surface area is 190 Å². The van der Waals surface area contributed by atoms with Crippen LogP contribution in [0.15, 0.2) is 83.6 Å². The highest BCUT2D eigenvalue weighted by molar-refractivity contribution is 6.10. The Morgan fingerprint density at radius 3 is 2.58 bits per heavy atom. The van der Waals surface area contributed by atoms with E-state index in [0.29, 0.717) is 34.8 Å². The lowest BCUT2D eigenvalue weighted by Crippen LogP contribution is -2.28. The van der Waals surface area contributed by atoms with Gasteiger partial charge in [0.15, 0.2) is 0 Å². The summed E-state index contributed by atoms with van der Waals surface area (Å²) < 4.78 is 10.2. The number of ether oxygens (including phenoxy) is 1. The van der Waals surface area contributed by atoms with Crippen molar-refractivity contribution >= 4 is 23.2 Å². The standard InChI is InChI=1S/C26H21N3O4/c1-32-21-11-8-19(9-12-21)26(31)29-14-13-17-7-10-20(15-23(17)29)27-25(30)22-16-33-28-24(22)18-5-3-2-4-6-18/h2-12,15-16H,13-14H2,1H3,(H,27,30). The topological polar surface area (TPSA) is 84.7 Å². The fourth-order valence-corrected chi connectivity index (χ4v) is 3.96. The van der Waals surface area contributed by atoms with E-state index in [1.165, 1.54) is 6.26 Å². The zero-order chi connectivity index (χ0) is 22.8. The number of hydrogen-bond donors (Lipinski definition) is 1. The number of aromatic nitrogens is 1. The molecule has 4 aromatic rings. The van der Waals surface area contributed by atoms with Crippen LogP contribution in [0.25, 0.3) is 11.3 Å². The van der Waals surface area contributed by atoms with Gasteiger partial charge in [0.25, 0.3) is 11.8 Å². The number of nitrogens with zero attached hydrogens (tertiary/aromatic N) is 2. The summed E-state index contributed by atoms with van der Waals surface area (Å²) in [5.41, 5.74) is 4.63. The van der Waals surface area contributed by atoms with Crippen molar-refractivity contribution in [3.8, 4) is 17.0 Å². The molecule has 0 unspecified atom stereocenters. The van der Waals surface area contributed by atoms with Gasteiger partial charge in [-0.2, -0.15) is 0 Å². The molecule has 0 saturated heterocycles. The van der Waals surface area contributed by atoms with Crippen LogP contribution in [0.3, 0.4) is 0 Å². The lowest BCUT2D eigenvalue weighted by atomic mass is 10.1. The summed E-state index contributed by atoms with van der Waals surface area (Å²) in [5.74, 6) is 0.272. The number of carbonyl (C=O) groups is 2. The van der Waals surface area contributed by atoms with Crippen LogP contribution in [0.5, 0.6) is 5.75 Å². The lowest BCUT2D eigenvalue weighted by molar-refractivity contribution is 0.0988. The van der Waals surface area contributed by atoms with Crippen LogP contribution in [-0.4, -0.2) is 30.6 Å². The average molecular weight is 439 g/mol. The number of methoxy groups -OCH3 is 1. The van der Waals surface area contributed by atoms with E-state index in [1.807, 2.05) is 48.5 Å². The van der Waals surface area contributed by atoms with Crippen LogP contribution in [0.2, 0.25) is 0 Å². The highest BCUT2D eigenvalue weighted by atomic mass is 16.5. The molecule has 0 bridgehead atoms. The van der Waals surface area contributed by atoms with Gasteiger partial charge in [0.1, 0.15) is 23.3 Å². The largest absolute Gasteiger partial charge is 0.497 e. The van der Waals surface area contributed by atoms with Gasteiger partial charge in [0.05, 0.1) is 7.11 Å². The molecule has 1 aliphatic rings. The van der Waals surface area contributed by atoms with Gasteiger partial charge in [-0.25, -0.2) is 0 Å². The Morgan fingerprint density at radius 2 is 1.82 bits per heavy atom. The van der Waals surface area contributed by atoms with Gasteiger partial charge >= 0.3 is 0 Å². The van der Waals surface area contributed by atoms with E-state index < -0.39 is 0 Å². The first kappa shape index (κ1) is 20.5. The molecule has 0 spiro atoms. The molecule has 2 amide bonds. The third-order valence-electron chi connectivity index (χ3n) is 5.68. The zero-order valence-electron chi connectivity index (χ0n) is 17.9. The highest BCUT2D eigenvalue weighted by Gasteiger charge is 2.26. The summed E-state index contributed by atoms with van der Waals surface area (Å²) in [6.45, 7) is 0.585. The van der Waals surface area contributed by atoms with Gasteiger partial charge in [-0.3, -0.25) is 9.59 Å². The molecule has 0 radical (unpaired) electrons. The van der Waals surface area contributed by atoms with E-state index in [-0.39, 0.29) is 11.8 Å². The summed E-state index contributed by atoms with van der Waals surface area (Å²) in [4.78, 5) is 27.8. The maximum Gasteiger partial charge on any atom is 0.261 e. The summed E-state index contributed by atoms with van der Waals surface area (Å²) in [6.07, 6.45) is 2.10. The molecule has 33 heavy (non-hydrogen) atoms. The predicted octanol–water partition coefficient (Wildman–Crippen LogP) is 4.81. The number of benzene rings is 3. The maximum absolute atomic E-state index is 13.1. The molecule has 0 atom stereocenters. The van der Waals surface area contributed by atoms with Crippen LogP contribution in [0.1, 0.15) is 26.3 Å². The summed E-state index contributed by atoms with van der Waals surface area (Å²) in [5, 5.41) is 6.90. The normalized spacial score (nSPS) is 12.3. The van der Waals surface area contributed by atoms with Crippen molar-refractivity contribution in [1.82, 2.24) is 5.16 Å². The number of carbonyl (C=O) groups excluding carboxylic acids is 2. The van der Waals surface area contributed by atoms with Crippen molar-refractivity contribution in [3.05, 3.63) is 95.7 Å². The number of anilines is 2. The Hall–Kier alpha value is -4.39. The van der Waals surface area contributed by atoms with E-state index >= 15 is 0 Å². The third-order valence-corrected chi connectivity index (χ3v) is 5.68. The van der Waals surface area contributed by atoms with Crippen LogP contribution in [0, 0.1) is 0 Å². The monoisotopic (exact) mass is 439 g/mol. The summed E-state index contributed by atoms with van der Waals surface area (Å²) >= 11 is 0. The minimum absolute atomic E-state index is 0.0923. The molecular formula is C26H21N3O4. The number of hydrogen-bond acceptors (Lipinski definition) is 5. The minimum Gasteiger partial charge on any atom is -0.497 e. The molecule has 5 rings (SSSR count). The summed E-state index contributed by atoms with van der Waals surface area (Å²) in [6, 6.07) is 22.0. The number of rotatable bonds is 5. The van der Waals surface area contributed by atoms with Gasteiger partial charge in [-0.15, -0.1) is 0 Å². The molecule has 0 fully saturated rings. The lowest BCUT2D eigenvalue weighted by Gasteiger charge is -2.18. The quantitative estimate of drug-likeness (QED) is 0.483. The zero-order valence-corrected chi connectivity index (χ0v) is 17.9. The van der Waals surface area contributed by atoms with E-state index in [0.717, 1.165) is 23.2 Å². The molecule has 3 aromatic carbocycles. The molecule has 7 heteroatoms. The Bertz CT molecular complexity index is 1310. The van der Waals surface area contributed by atoms with Crippen LogP contribution >= 0.6 is 0 Å². The second-order valence-electron chi connectivity index (χ2n) is 7.68. The van der Waals surface area contributed by atoms with Crippen LogP contribution in [-0.2, 0) is 6.42 Å². The number of nitrogens with one attached hydrogen (secondary N) is 1. The van der Waals surface area contributed by atoms with Gasteiger partial charge in [-0.05, 0) is 48.4 Å². The number of amides is 2. The molecule has 0 saturated carbocycles. The molecule has 1 aliphatic heterocycles. The fourth-order valence-electron chi connectivity index (χ4n) is 3.96. The smallest absolute Gasteiger partial charge is 0.261 e. The third kappa shape index (κ3) is 3.96. The average Bonchev–Trinajstić information content (AvgIpc) is 3.52. The van der Waals surface area contributed by atoms with Gasteiger partial charge < -0.3 is 19.5 Å². The van der Waals surface area contributed by atoms with E-state index in [4.69, 9.17) is 9.26 Å². The van der Waals surface area contributed by atoms with Crippen molar-refractivity contribution in [1.29, 1.82) is 0 Å². The van der Waals surface area contributed by atoms with Crippen LogP contribution < -0.4 is 15.0 Å². The number of fused-ring (bicyclic) bond motifs is 1. The molecule has 0 aliphatic carbocycles. The Kier molecular flexibility index (Phi) is 5.36. The van der Waals surface area contributed by atoms with Gasteiger partial charge in [0, 0.05) is 29.0 Å². The maximum atomic E-state index is 13.1. The van der Waals surface area contributed by atoms with Crippen LogP contribution in [0.4, 0.5) is 11.4 Å². The molecule has 164 valence electrons. The molecule has 1 aromatic heterocycles. The molecular weight excluding hydrogens is 418 g/mol. The first-order chi connectivity index (χ1) is 16.1. The SMILES string of the molecule is COc1ccc(C(=O)N2CCc3ccc(NC(=O)c4conc4-c4ccccc4)cc32)cc1.